The average molecular weight is 634 g/mol. The van der Waals surface area contributed by atoms with Crippen molar-refractivity contribution >= 4 is 39.4 Å². The summed E-state index contributed by atoms with van der Waals surface area (Å²) in [5.74, 6) is -2.44. The largest absolute Gasteiger partial charge is 0.497 e. The number of fused-ring (bicyclic) bond motifs is 1. The molecule has 3 heterocycles. The number of carbonyl (C=O) groups excluding carboxylic acids is 3. The third-order valence-corrected chi connectivity index (χ3v) is 9.68. The van der Waals surface area contributed by atoms with Crippen LogP contribution in [0.1, 0.15) is 39.5 Å². The molecule has 3 saturated heterocycles. The van der Waals surface area contributed by atoms with E-state index < -0.39 is 41.6 Å². The SMILES string of the molecule is C=CCCCOC(=O)[C@H]1[C@@H]2OC3(CC2Br)C(C(=O)N(CC=C)c2ccc(OC)cc2)N([C@@H](CO)[C@@H](C)CC)C(=O)[C@H]13. The van der Waals surface area contributed by atoms with Gasteiger partial charge in [-0.15, -0.1) is 13.2 Å². The molecule has 3 fully saturated rings. The molecule has 0 saturated carbocycles. The summed E-state index contributed by atoms with van der Waals surface area (Å²) in [4.78, 5) is 45.4. The summed E-state index contributed by atoms with van der Waals surface area (Å²) in [6.07, 6.45) is 5.15. The van der Waals surface area contributed by atoms with E-state index in [2.05, 4.69) is 29.1 Å². The Morgan fingerprint density at radius 3 is 2.59 bits per heavy atom. The van der Waals surface area contributed by atoms with Crippen molar-refractivity contribution in [2.45, 2.75) is 68.1 Å². The maximum atomic E-state index is 14.7. The highest BCUT2D eigenvalue weighted by Gasteiger charge is 2.77. The number of anilines is 1. The van der Waals surface area contributed by atoms with E-state index in [9.17, 15) is 19.5 Å². The van der Waals surface area contributed by atoms with Crippen molar-refractivity contribution in [3.8, 4) is 5.75 Å². The number of unbranched alkanes of at least 4 members (excludes halogenated alkanes) is 1. The number of allylic oxidation sites excluding steroid dienone is 1. The van der Waals surface area contributed by atoms with Crippen molar-refractivity contribution in [1.82, 2.24) is 4.90 Å². The average Bonchev–Trinajstić information content (AvgIpc) is 3.57. The molecule has 4 rings (SSSR count). The van der Waals surface area contributed by atoms with Gasteiger partial charge in [0, 0.05) is 17.1 Å². The minimum absolute atomic E-state index is 0.107. The van der Waals surface area contributed by atoms with Crippen LogP contribution < -0.4 is 9.64 Å². The number of carbonyl (C=O) groups is 3. The van der Waals surface area contributed by atoms with Crippen LogP contribution in [0.3, 0.4) is 0 Å². The Kier molecular flexibility index (Phi) is 9.97. The van der Waals surface area contributed by atoms with Gasteiger partial charge in [-0.25, -0.2) is 0 Å². The Morgan fingerprint density at radius 1 is 1.29 bits per heavy atom. The highest BCUT2D eigenvalue weighted by molar-refractivity contribution is 9.09. The predicted molar refractivity (Wildman–Crippen MR) is 159 cm³/mol. The standard InChI is InChI=1S/C31H41BrN2O7/c1-6-9-10-16-40-30(38)24-25-28(36)34(23(18-35)19(4)8-3)27(31(25)17-22(32)26(24)41-31)29(37)33(15-7-2)20-11-13-21(39-5)14-12-20/h6-7,11-14,19,22-27,35H,1-2,8-10,15-18H2,3-5H3/t19-,22?,23-,24+,25-,26+,27?,31?/m0/s1. The van der Waals surface area contributed by atoms with Gasteiger partial charge in [0.05, 0.1) is 44.3 Å². The Hall–Kier alpha value is -2.69. The van der Waals surface area contributed by atoms with Crippen LogP contribution in [0.4, 0.5) is 5.69 Å². The lowest BCUT2D eigenvalue weighted by molar-refractivity contribution is -0.156. The molecule has 8 atom stereocenters. The number of aliphatic hydroxyl groups excluding tert-OH is 1. The Morgan fingerprint density at radius 2 is 2.00 bits per heavy atom. The van der Waals surface area contributed by atoms with Crippen LogP contribution in [-0.4, -0.2) is 83.3 Å². The zero-order valence-electron chi connectivity index (χ0n) is 24.0. The summed E-state index contributed by atoms with van der Waals surface area (Å²) in [5, 5.41) is 10.5. The van der Waals surface area contributed by atoms with Crippen LogP contribution >= 0.6 is 15.9 Å². The normalized spacial score (nSPS) is 29.5. The predicted octanol–water partition coefficient (Wildman–Crippen LogP) is 3.88. The van der Waals surface area contributed by atoms with Crippen molar-refractivity contribution < 1.29 is 33.7 Å². The maximum absolute atomic E-state index is 14.7. The van der Waals surface area contributed by atoms with Crippen molar-refractivity contribution in [3.05, 3.63) is 49.6 Å². The van der Waals surface area contributed by atoms with Gasteiger partial charge in [0.1, 0.15) is 17.4 Å². The first-order valence-electron chi connectivity index (χ1n) is 14.3. The molecule has 9 nitrogen and oxygen atoms in total. The smallest absolute Gasteiger partial charge is 0.312 e. The molecular weight excluding hydrogens is 592 g/mol. The number of hydrogen-bond donors (Lipinski definition) is 1. The zero-order valence-corrected chi connectivity index (χ0v) is 25.6. The molecule has 3 aliphatic rings. The molecule has 0 aromatic heterocycles. The number of amides is 2. The summed E-state index contributed by atoms with van der Waals surface area (Å²) in [7, 11) is 1.57. The molecule has 41 heavy (non-hydrogen) atoms. The van der Waals surface area contributed by atoms with Crippen molar-refractivity contribution in [1.29, 1.82) is 0 Å². The number of methoxy groups -OCH3 is 1. The van der Waals surface area contributed by atoms with E-state index >= 15 is 0 Å². The number of hydrogen-bond acceptors (Lipinski definition) is 7. The van der Waals surface area contributed by atoms with Gasteiger partial charge in [0.2, 0.25) is 5.91 Å². The monoisotopic (exact) mass is 632 g/mol. The number of esters is 1. The number of nitrogens with zero attached hydrogens (tertiary/aromatic N) is 2. The summed E-state index contributed by atoms with van der Waals surface area (Å²) in [6.45, 7) is 11.5. The fourth-order valence-electron chi connectivity index (χ4n) is 6.65. The van der Waals surface area contributed by atoms with Crippen molar-refractivity contribution in [3.63, 3.8) is 0 Å². The number of ether oxygens (including phenoxy) is 3. The maximum Gasteiger partial charge on any atom is 0.312 e. The quantitative estimate of drug-likeness (QED) is 0.144. The Labute approximate surface area is 250 Å². The van der Waals surface area contributed by atoms with E-state index in [-0.39, 0.29) is 42.3 Å². The summed E-state index contributed by atoms with van der Waals surface area (Å²) in [5.41, 5.74) is -0.655. The van der Waals surface area contributed by atoms with E-state index in [1.807, 2.05) is 13.8 Å². The van der Waals surface area contributed by atoms with Gasteiger partial charge in [-0.05, 0) is 49.4 Å². The molecule has 1 aromatic rings. The number of likely N-dealkylation sites (tertiary alicyclic amines) is 1. The van der Waals surface area contributed by atoms with Gasteiger partial charge in [-0.1, -0.05) is 48.4 Å². The molecule has 1 N–H and O–H groups in total. The number of alkyl halides is 1. The molecule has 0 aliphatic carbocycles. The summed E-state index contributed by atoms with van der Waals surface area (Å²) in [6, 6.07) is 5.38. The highest BCUT2D eigenvalue weighted by atomic mass is 79.9. The second kappa shape index (κ2) is 13.1. The van der Waals surface area contributed by atoms with E-state index in [4.69, 9.17) is 14.2 Å². The number of rotatable bonds is 14. The summed E-state index contributed by atoms with van der Waals surface area (Å²) >= 11 is 3.69. The molecule has 2 amide bonds. The number of aliphatic hydroxyl groups is 1. The van der Waals surface area contributed by atoms with Crippen LogP contribution in [0.25, 0.3) is 0 Å². The Bertz CT molecular complexity index is 1140. The van der Waals surface area contributed by atoms with E-state index in [1.54, 1.807) is 48.4 Å². The second-order valence-corrected chi connectivity index (χ2v) is 12.3. The van der Waals surface area contributed by atoms with Gasteiger partial charge in [-0.3, -0.25) is 14.4 Å². The molecule has 1 aromatic carbocycles. The van der Waals surface area contributed by atoms with Gasteiger partial charge in [0.25, 0.3) is 5.91 Å². The molecule has 10 heteroatoms. The van der Waals surface area contributed by atoms with Crippen LogP contribution in [0, 0.1) is 17.8 Å². The third kappa shape index (κ3) is 5.46. The van der Waals surface area contributed by atoms with E-state index in [0.717, 1.165) is 0 Å². The third-order valence-electron chi connectivity index (χ3n) is 8.84. The van der Waals surface area contributed by atoms with Gasteiger partial charge in [-0.2, -0.15) is 0 Å². The molecule has 0 radical (unpaired) electrons. The van der Waals surface area contributed by atoms with Crippen molar-refractivity contribution in [2.24, 2.45) is 17.8 Å². The molecule has 2 bridgehead atoms. The molecular formula is C31H41BrN2O7. The van der Waals surface area contributed by atoms with Crippen LogP contribution in [0.5, 0.6) is 5.75 Å². The van der Waals surface area contributed by atoms with Crippen LogP contribution in [0.15, 0.2) is 49.6 Å². The van der Waals surface area contributed by atoms with Gasteiger partial charge >= 0.3 is 5.97 Å². The minimum Gasteiger partial charge on any atom is -0.497 e. The first-order valence-corrected chi connectivity index (χ1v) is 15.2. The fourth-order valence-corrected chi connectivity index (χ4v) is 7.59. The van der Waals surface area contributed by atoms with E-state index in [0.29, 0.717) is 37.1 Å². The molecule has 224 valence electrons. The lowest BCUT2D eigenvalue weighted by atomic mass is 9.70. The molecule has 3 unspecified atom stereocenters. The van der Waals surface area contributed by atoms with Gasteiger partial charge < -0.3 is 29.1 Å². The first kappa shape index (κ1) is 31.3. The lowest BCUT2D eigenvalue weighted by Gasteiger charge is -2.41. The number of benzene rings is 1. The molecule has 1 spiro atoms. The lowest BCUT2D eigenvalue weighted by Crippen LogP contribution is -2.60. The minimum atomic E-state index is -1.26. The topological polar surface area (TPSA) is 106 Å². The van der Waals surface area contributed by atoms with Crippen molar-refractivity contribution in [2.75, 3.05) is 31.8 Å². The fraction of sp³-hybridized carbons (Fsp3) is 0.581. The van der Waals surface area contributed by atoms with E-state index in [1.165, 1.54) is 4.90 Å². The Balaban J connectivity index is 1.79. The summed E-state index contributed by atoms with van der Waals surface area (Å²) < 4.78 is 17.5. The van der Waals surface area contributed by atoms with Crippen LogP contribution in [-0.2, 0) is 23.9 Å². The highest BCUT2D eigenvalue weighted by Crippen LogP contribution is 2.61. The zero-order chi connectivity index (χ0) is 29.9. The second-order valence-electron chi connectivity index (χ2n) is 11.1. The molecule has 3 aliphatic heterocycles. The number of halogens is 1. The van der Waals surface area contributed by atoms with Gasteiger partial charge in [0.15, 0.2) is 0 Å². The van der Waals surface area contributed by atoms with Crippen LogP contribution in [0.2, 0.25) is 0 Å². The first-order chi connectivity index (χ1) is 19.7.